The number of hydrogen-bond acceptors (Lipinski definition) is 4. The van der Waals surface area contributed by atoms with E-state index in [1.807, 2.05) is 18.2 Å². The average Bonchev–Trinajstić information content (AvgIpc) is 3.54. The van der Waals surface area contributed by atoms with E-state index in [9.17, 15) is 0 Å². The fraction of sp³-hybridized carbons (Fsp3) is 0.214. The van der Waals surface area contributed by atoms with Gasteiger partial charge >= 0.3 is 0 Å². The second-order valence-corrected chi connectivity index (χ2v) is 11.6. The van der Waals surface area contributed by atoms with Crippen molar-refractivity contribution in [3.63, 3.8) is 0 Å². The quantitative estimate of drug-likeness (QED) is 0.166. The molecular weight excluding hydrogens is 755 g/mol. The molecule has 7 rings (SSSR count). The molecule has 0 fully saturated rings. The van der Waals surface area contributed by atoms with Crippen LogP contribution in [0.1, 0.15) is 69.3 Å². The summed E-state index contributed by atoms with van der Waals surface area (Å²) in [5, 5.41) is 1.11. The molecule has 0 spiro atoms. The van der Waals surface area contributed by atoms with Gasteiger partial charge in [-0.25, -0.2) is 4.98 Å². The zero-order valence-corrected chi connectivity index (χ0v) is 28.1. The maximum Gasteiger partial charge on any atom is 0.216 e. The van der Waals surface area contributed by atoms with E-state index in [0.717, 1.165) is 17.5 Å². The van der Waals surface area contributed by atoms with Gasteiger partial charge in [-0.1, -0.05) is 68.1 Å². The van der Waals surface area contributed by atoms with Gasteiger partial charge < -0.3 is 14.4 Å². The summed E-state index contributed by atoms with van der Waals surface area (Å²) in [6.07, 6.45) is 0.475. The smallest absolute Gasteiger partial charge is 0.216 e. The Morgan fingerprint density at radius 2 is 1.68 bits per heavy atom. The van der Waals surface area contributed by atoms with E-state index in [0.29, 0.717) is 10.8 Å². The molecule has 0 aliphatic heterocycles. The van der Waals surface area contributed by atoms with Crippen LogP contribution in [-0.2, 0) is 26.5 Å². The molecular formula is C42H39IrN3O-2. The largest absolute Gasteiger partial charge is 0.486 e. The second kappa shape index (κ2) is 14.1. The van der Waals surface area contributed by atoms with Crippen molar-refractivity contribution in [2.75, 3.05) is 0 Å². The number of furan rings is 1. The Morgan fingerprint density at radius 1 is 0.809 bits per heavy atom. The fourth-order valence-electron chi connectivity index (χ4n) is 4.94. The van der Waals surface area contributed by atoms with Gasteiger partial charge in [0.25, 0.3) is 0 Å². The Hall–Kier alpha value is -4.44. The summed E-state index contributed by atoms with van der Waals surface area (Å²) in [4.78, 5) is 12.7. The Bertz CT molecular complexity index is 2720. The van der Waals surface area contributed by atoms with Crippen molar-refractivity contribution in [2.24, 2.45) is 5.41 Å². The third kappa shape index (κ3) is 7.76. The number of nitrogens with zero attached hydrogens (tertiary/aromatic N) is 3. The number of fused-ring (bicyclic) bond motifs is 3. The Morgan fingerprint density at radius 3 is 2.40 bits per heavy atom. The van der Waals surface area contributed by atoms with Crippen LogP contribution in [0.5, 0.6) is 0 Å². The number of pyridine rings is 3. The minimum absolute atomic E-state index is 0. The van der Waals surface area contributed by atoms with Crippen molar-refractivity contribution in [3.8, 4) is 33.6 Å². The first-order chi connectivity index (χ1) is 28.1. The van der Waals surface area contributed by atoms with E-state index in [1.165, 1.54) is 30.5 Å². The SMILES string of the molecule is [2H]C([2H])([2H])c1ccc(-c2[c-]cccc2)nc1.[2H]c1cc(C([2H])([2H])C(C)(C)C)cc(C([2H])([2H])[2H])c1-c1cc(-c2[c-]ccc3c2oc2nc(C([2H])([2H])[2H])ccc23)ncc1C([2H])([2H])[2H].[Ir]. The molecule has 47 heavy (non-hydrogen) atoms. The molecule has 0 saturated carbocycles. The summed E-state index contributed by atoms with van der Waals surface area (Å²) in [6, 6.07) is 26.5. The number of benzene rings is 3. The molecule has 0 bridgehead atoms. The molecule has 0 saturated heterocycles. The van der Waals surface area contributed by atoms with Gasteiger partial charge in [-0.3, -0.25) is 0 Å². The number of aryl methyl sites for hydroxylation is 4. The third-order valence-electron chi connectivity index (χ3n) is 6.94. The number of rotatable bonds is 4. The summed E-state index contributed by atoms with van der Waals surface area (Å²) in [7, 11) is 0. The normalized spacial score (nSPS) is 17.3. The van der Waals surface area contributed by atoms with Crippen molar-refractivity contribution in [3.05, 3.63) is 137 Å². The molecule has 0 unspecified atom stereocenters. The van der Waals surface area contributed by atoms with Crippen LogP contribution >= 0.6 is 0 Å². The summed E-state index contributed by atoms with van der Waals surface area (Å²) in [6.45, 7) is -5.14. The molecule has 5 heteroatoms. The molecule has 3 aromatic carbocycles. The zero-order valence-electron chi connectivity index (χ0n) is 40.7. The average molecular weight is 809 g/mol. The zero-order chi connectivity index (χ0) is 45.1. The Labute approximate surface area is 312 Å². The topological polar surface area (TPSA) is 51.8 Å². The van der Waals surface area contributed by atoms with Crippen LogP contribution in [0.15, 0.2) is 102 Å². The van der Waals surface area contributed by atoms with Gasteiger partial charge in [0.05, 0.1) is 6.95 Å². The van der Waals surface area contributed by atoms with Crippen molar-refractivity contribution in [2.45, 2.75) is 54.6 Å². The van der Waals surface area contributed by atoms with E-state index in [1.54, 1.807) is 57.2 Å². The minimum Gasteiger partial charge on any atom is -0.486 e. The van der Waals surface area contributed by atoms with E-state index >= 15 is 0 Å². The predicted molar refractivity (Wildman–Crippen MR) is 190 cm³/mol. The summed E-state index contributed by atoms with van der Waals surface area (Å²) in [5.41, 5.74) is 0.574. The van der Waals surface area contributed by atoms with E-state index in [2.05, 4.69) is 27.1 Å². The first-order valence-electron chi connectivity index (χ1n) is 21.9. The van der Waals surface area contributed by atoms with Crippen LogP contribution in [0.2, 0.25) is 0 Å². The summed E-state index contributed by atoms with van der Waals surface area (Å²) >= 11 is 0. The minimum atomic E-state index is -2.83. The maximum atomic E-state index is 8.90. The van der Waals surface area contributed by atoms with Gasteiger partial charge in [0.2, 0.25) is 5.71 Å². The Kier molecular flexibility index (Phi) is 5.83. The molecule has 4 aromatic heterocycles. The molecule has 1 radical (unpaired) electrons. The predicted octanol–water partition coefficient (Wildman–Crippen LogP) is 10.9. The van der Waals surface area contributed by atoms with E-state index < -0.39 is 39.2 Å². The van der Waals surface area contributed by atoms with Crippen LogP contribution in [-0.4, -0.2) is 15.0 Å². The first kappa shape index (κ1) is 19.4. The molecule has 239 valence electrons. The molecule has 0 aliphatic rings. The summed E-state index contributed by atoms with van der Waals surface area (Å²) in [5.74, 6) is 0. The third-order valence-corrected chi connectivity index (χ3v) is 6.94. The van der Waals surface area contributed by atoms with Gasteiger partial charge in [-0.05, 0) is 96.1 Å². The van der Waals surface area contributed by atoms with Gasteiger partial charge in [-0.15, -0.1) is 54.1 Å². The summed E-state index contributed by atoms with van der Waals surface area (Å²) < 4.78 is 126. The molecule has 0 aliphatic carbocycles. The van der Waals surface area contributed by atoms with Crippen LogP contribution in [0, 0.1) is 45.0 Å². The number of hydrogen-bond donors (Lipinski definition) is 0. The van der Waals surface area contributed by atoms with Crippen molar-refractivity contribution < 1.29 is 45.1 Å². The molecule has 4 nitrogen and oxygen atoms in total. The molecule has 4 heterocycles. The van der Waals surface area contributed by atoms with Gasteiger partial charge in [-0.2, -0.15) is 0 Å². The van der Waals surface area contributed by atoms with Gasteiger partial charge in [0, 0.05) is 62.8 Å². The monoisotopic (exact) mass is 809 g/mol. The first-order valence-corrected chi connectivity index (χ1v) is 14.4. The van der Waals surface area contributed by atoms with Crippen LogP contribution in [0.25, 0.3) is 55.7 Å². The standard InChI is InChI=1S/C30H29N2O.C12H10N.Ir/c1-18-14-21(16-30(4,5)6)11-13-22(18)26-15-27(31-17-19(26)2)25-9-7-8-23-24-12-10-20(3)32-29(24)33-28(23)25;1-10-7-8-12(13-9-10)11-5-3-2-4-6-11;/h7-8,10-15,17H,16H2,1-6H3;2-5,7-9H,1H3;/q2*-1;/i1D3,2D3,3D3,13D,16D2;1D3;. The molecule has 7 aromatic rings. The Balaban J connectivity index is 0.000000358. The van der Waals surface area contributed by atoms with Crippen LogP contribution in [0.3, 0.4) is 0 Å². The molecule has 0 amide bonds. The fourth-order valence-corrected chi connectivity index (χ4v) is 4.94. The van der Waals surface area contributed by atoms with Crippen molar-refractivity contribution in [1.29, 1.82) is 0 Å². The molecule has 0 N–H and O–H groups in total. The maximum absolute atomic E-state index is 8.90. The van der Waals surface area contributed by atoms with Crippen LogP contribution < -0.4 is 0 Å². The van der Waals surface area contributed by atoms with Crippen molar-refractivity contribution >= 4 is 22.1 Å². The van der Waals surface area contributed by atoms with Gasteiger partial charge in [0.1, 0.15) is 0 Å². The number of aromatic nitrogens is 3. The van der Waals surface area contributed by atoms with E-state index in [-0.39, 0.29) is 87.8 Å². The molecule has 0 atom stereocenters. The second-order valence-electron chi connectivity index (χ2n) is 11.6. The van der Waals surface area contributed by atoms with Gasteiger partial charge in [0.15, 0.2) is 0 Å². The van der Waals surface area contributed by atoms with Crippen molar-refractivity contribution in [1.82, 2.24) is 15.0 Å². The van der Waals surface area contributed by atoms with E-state index in [4.69, 9.17) is 25.0 Å². The van der Waals surface area contributed by atoms with Crippen LogP contribution in [0.4, 0.5) is 0 Å².